The highest BCUT2D eigenvalue weighted by Crippen LogP contribution is 2.18. The van der Waals surface area contributed by atoms with Gasteiger partial charge in [0.1, 0.15) is 5.82 Å². The van der Waals surface area contributed by atoms with Crippen LogP contribution in [0, 0.1) is 11.7 Å². The zero-order chi connectivity index (χ0) is 15.0. The standard InChI is InChI=1S/C15H23FN2OS/c1-3-11(2)14(17)15(19)18-9-4-10-20-13-7-5-12(16)6-8-13/h5-8,11,14H,3-4,9-10,17H2,1-2H3,(H,18,19). The third kappa shape index (κ3) is 5.92. The molecule has 2 unspecified atom stereocenters. The van der Waals surface area contributed by atoms with E-state index < -0.39 is 6.04 Å². The molecule has 20 heavy (non-hydrogen) atoms. The van der Waals surface area contributed by atoms with Crippen molar-refractivity contribution in [3.8, 4) is 0 Å². The van der Waals surface area contributed by atoms with Crippen molar-refractivity contribution in [2.45, 2.75) is 37.6 Å². The maximum absolute atomic E-state index is 12.7. The molecule has 1 amide bonds. The molecule has 1 aromatic carbocycles. The van der Waals surface area contributed by atoms with Crippen molar-refractivity contribution in [2.24, 2.45) is 11.7 Å². The van der Waals surface area contributed by atoms with Crippen molar-refractivity contribution in [3.63, 3.8) is 0 Å². The number of thioether (sulfide) groups is 1. The maximum Gasteiger partial charge on any atom is 0.237 e. The van der Waals surface area contributed by atoms with Gasteiger partial charge in [-0.2, -0.15) is 0 Å². The Morgan fingerprint density at radius 3 is 2.65 bits per heavy atom. The van der Waals surface area contributed by atoms with Crippen LogP contribution in [-0.4, -0.2) is 24.2 Å². The van der Waals surface area contributed by atoms with Gasteiger partial charge in [0.25, 0.3) is 0 Å². The van der Waals surface area contributed by atoms with Crippen LogP contribution in [0.1, 0.15) is 26.7 Å². The minimum absolute atomic E-state index is 0.0777. The first-order valence-electron chi connectivity index (χ1n) is 6.96. The Labute approximate surface area is 124 Å². The molecule has 0 bridgehead atoms. The largest absolute Gasteiger partial charge is 0.355 e. The molecular weight excluding hydrogens is 275 g/mol. The Hall–Kier alpha value is -1.07. The highest BCUT2D eigenvalue weighted by Gasteiger charge is 2.18. The van der Waals surface area contributed by atoms with Crippen LogP contribution < -0.4 is 11.1 Å². The molecule has 0 heterocycles. The minimum atomic E-state index is -0.426. The topological polar surface area (TPSA) is 55.1 Å². The summed E-state index contributed by atoms with van der Waals surface area (Å²) >= 11 is 1.65. The van der Waals surface area contributed by atoms with Gasteiger partial charge in [-0.3, -0.25) is 4.79 Å². The fraction of sp³-hybridized carbons (Fsp3) is 0.533. The summed E-state index contributed by atoms with van der Waals surface area (Å²) < 4.78 is 12.7. The van der Waals surface area contributed by atoms with Crippen LogP contribution in [0.25, 0.3) is 0 Å². The monoisotopic (exact) mass is 298 g/mol. The minimum Gasteiger partial charge on any atom is -0.355 e. The Kier molecular flexibility index (Phi) is 7.62. The fourth-order valence-corrected chi connectivity index (χ4v) is 2.49. The van der Waals surface area contributed by atoms with Gasteiger partial charge in [0.15, 0.2) is 0 Å². The van der Waals surface area contributed by atoms with Gasteiger partial charge in [-0.15, -0.1) is 11.8 Å². The Morgan fingerprint density at radius 1 is 1.40 bits per heavy atom. The van der Waals surface area contributed by atoms with Crippen molar-refractivity contribution in [3.05, 3.63) is 30.1 Å². The number of hydrogen-bond donors (Lipinski definition) is 2. The van der Waals surface area contributed by atoms with Crippen molar-refractivity contribution in [2.75, 3.05) is 12.3 Å². The maximum atomic E-state index is 12.7. The molecule has 0 aromatic heterocycles. The number of halogens is 1. The van der Waals surface area contributed by atoms with Crippen molar-refractivity contribution >= 4 is 17.7 Å². The zero-order valence-corrected chi connectivity index (χ0v) is 12.9. The fourth-order valence-electron chi connectivity index (χ4n) is 1.63. The van der Waals surface area contributed by atoms with Gasteiger partial charge in [-0.05, 0) is 42.4 Å². The summed E-state index contributed by atoms with van der Waals surface area (Å²) in [5.74, 6) is 0.778. The average Bonchev–Trinajstić information content (AvgIpc) is 2.47. The van der Waals surface area contributed by atoms with E-state index in [1.54, 1.807) is 23.9 Å². The number of hydrogen-bond acceptors (Lipinski definition) is 3. The lowest BCUT2D eigenvalue weighted by Crippen LogP contribution is -2.44. The molecule has 0 aliphatic heterocycles. The van der Waals surface area contributed by atoms with Gasteiger partial charge >= 0.3 is 0 Å². The van der Waals surface area contributed by atoms with Crippen LogP contribution in [0.5, 0.6) is 0 Å². The smallest absolute Gasteiger partial charge is 0.237 e. The zero-order valence-electron chi connectivity index (χ0n) is 12.1. The second-order valence-corrected chi connectivity index (χ2v) is 6.03. The molecule has 0 spiro atoms. The Balaban J connectivity index is 2.16. The molecule has 0 aliphatic rings. The van der Waals surface area contributed by atoms with E-state index in [9.17, 15) is 9.18 Å². The molecule has 0 aliphatic carbocycles. The molecule has 3 N–H and O–H groups in total. The first-order chi connectivity index (χ1) is 9.54. The van der Waals surface area contributed by atoms with E-state index in [4.69, 9.17) is 5.73 Å². The predicted octanol–water partition coefficient (Wildman–Crippen LogP) is 2.80. The highest BCUT2D eigenvalue weighted by molar-refractivity contribution is 7.99. The normalized spacial score (nSPS) is 13.8. The van der Waals surface area contributed by atoms with Gasteiger partial charge in [0.2, 0.25) is 5.91 Å². The summed E-state index contributed by atoms with van der Waals surface area (Å²) in [6.45, 7) is 4.63. The van der Waals surface area contributed by atoms with E-state index in [1.165, 1.54) is 12.1 Å². The van der Waals surface area contributed by atoms with Gasteiger partial charge in [0.05, 0.1) is 6.04 Å². The third-order valence-electron chi connectivity index (χ3n) is 3.26. The summed E-state index contributed by atoms with van der Waals surface area (Å²) in [4.78, 5) is 12.8. The summed E-state index contributed by atoms with van der Waals surface area (Å²) in [7, 11) is 0. The van der Waals surface area contributed by atoms with E-state index in [1.807, 2.05) is 13.8 Å². The number of benzene rings is 1. The van der Waals surface area contributed by atoms with Crippen LogP contribution in [0.4, 0.5) is 4.39 Å². The molecule has 0 radical (unpaired) electrons. The molecule has 0 saturated carbocycles. The predicted molar refractivity (Wildman–Crippen MR) is 82.2 cm³/mol. The molecule has 0 saturated heterocycles. The summed E-state index contributed by atoms with van der Waals surface area (Å²) in [6.07, 6.45) is 1.76. The van der Waals surface area contributed by atoms with Crippen LogP contribution in [0.3, 0.4) is 0 Å². The Bertz CT molecular complexity index is 411. The first-order valence-corrected chi connectivity index (χ1v) is 7.94. The van der Waals surface area contributed by atoms with Gasteiger partial charge in [-0.25, -0.2) is 4.39 Å². The lowest BCUT2D eigenvalue weighted by Gasteiger charge is -2.17. The van der Waals surface area contributed by atoms with Crippen LogP contribution in [0.2, 0.25) is 0 Å². The molecular formula is C15H23FN2OS. The quantitative estimate of drug-likeness (QED) is 0.573. The molecule has 3 nitrogen and oxygen atoms in total. The number of carbonyl (C=O) groups is 1. The summed E-state index contributed by atoms with van der Waals surface area (Å²) in [5.41, 5.74) is 5.84. The second kappa shape index (κ2) is 8.97. The van der Waals surface area contributed by atoms with Crippen LogP contribution >= 0.6 is 11.8 Å². The van der Waals surface area contributed by atoms with E-state index in [0.29, 0.717) is 6.54 Å². The molecule has 2 atom stereocenters. The molecule has 1 rings (SSSR count). The van der Waals surface area contributed by atoms with Gasteiger partial charge in [-0.1, -0.05) is 20.3 Å². The lowest BCUT2D eigenvalue weighted by atomic mass is 9.99. The van der Waals surface area contributed by atoms with Crippen LogP contribution in [0.15, 0.2) is 29.2 Å². The SMILES string of the molecule is CCC(C)C(N)C(=O)NCCCSc1ccc(F)cc1. The number of nitrogens with one attached hydrogen (secondary N) is 1. The molecule has 112 valence electrons. The van der Waals surface area contributed by atoms with Crippen molar-refractivity contribution < 1.29 is 9.18 Å². The number of carbonyl (C=O) groups excluding carboxylic acids is 1. The summed E-state index contributed by atoms with van der Waals surface area (Å²) in [5, 5.41) is 2.86. The number of rotatable bonds is 8. The number of nitrogens with two attached hydrogens (primary N) is 1. The first kappa shape index (κ1) is 17.0. The van der Waals surface area contributed by atoms with E-state index in [2.05, 4.69) is 5.32 Å². The van der Waals surface area contributed by atoms with Gasteiger partial charge in [0, 0.05) is 11.4 Å². The molecule has 0 fully saturated rings. The molecule has 1 aromatic rings. The Morgan fingerprint density at radius 2 is 2.05 bits per heavy atom. The lowest BCUT2D eigenvalue weighted by molar-refractivity contribution is -0.123. The number of amides is 1. The average molecular weight is 298 g/mol. The van der Waals surface area contributed by atoms with E-state index in [0.717, 1.165) is 23.5 Å². The summed E-state index contributed by atoms with van der Waals surface area (Å²) in [6, 6.07) is 6.00. The third-order valence-corrected chi connectivity index (χ3v) is 4.36. The van der Waals surface area contributed by atoms with Crippen molar-refractivity contribution in [1.82, 2.24) is 5.32 Å². The van der Waals surface area contributed by atoms with Crippen LogP contribution in [-0.2, 0) is 4.79 Å². The second-order valence-electron chi connectivity index (χ2n) is 4.86. The van der Waals surface area contributed by atoms with Gasteiger partial charge < -0.3 is 11.1 Å². The van der Waals surface area contributed by atoms with E-state index in [-0.39, 0.29) is 17.6 Å². The van der Waals surface area contributed by atoms with E-state index >= 15 is 0 Å². The molecule has 5 heteroatoms. The van der Waals surface area contributed by atoms with Crippen molar-refractivity contribution in [1.29, 1.82) is 0 Å². The highest BCUT2D eigenvalue weighted by atomic mass is 32.2.